The first kappa shape index (κ1) is 21.9. The lowest BCUT2D eigenvalue weighted by Crippen LogP contribution is -2.39. The minimum Gasteiger partial charge on any atom is -0.230 e. The number of aryl methyl sites for hydroxylation is 1. The first-order valence-corrected chi connectivity index (χ1v) is 9.52. The molecule has 0 saturated heterocycles. The SMILES string of the molecule is CCCc1cccc(-c2ccccc2-c2cccc(C(F)(F)C(F)C(F)(F)F)c2)c1. The molecule has 6 heteroatoms. The van der Waals surface area contributed by atoms with Crippen LogP contribution in [0.15, 0.2) is 72.8 Å². The third-order valence-corrected chi connectivity index (χ3v) is 4.87. The maximum Gasteiger partial charge on any atom is 0.426 e. The molecule has 0 aromatic heterocycles. The van der Waals surface area contributed by atoms with E-state index < -0.39 is 23.8 Å². The van der Waals surface area contributed by atoms with E-state index >= 15 is 0 Å². The highest BCUT2D eigenvalue weighted by atomic mass is 19.4. The molecular weight excluding hydrogens is 402 g/mol. The molecule has 0 aliphatic rings. The molecule has 0 spiro atoms. The standard InChI is InChI=1S/C24H20F6/c1-2-7-16-8-5-9-17(14-16)20-12-3-4-13-21(20)18-10-6-11-19(15-18)23(26,27)22(25)24(28,29)30/h3-6,8-15,22H,2,7H2,1H3. The summed E-state index contributed by atoms with van der Waals surface area (Å²) in [5.41, 5.74) is 2.59. The van der Waals surface area contributed by atoms with Crippen LogP contribution in [0.5, 0.6) is 0 Å². The molecule has 0 N–H and O–H groups in total. The molecule has 1 atom stereocenters. The van der Waals surface area contributed by atoms with Gasteiger partial charge in [0.25, 0.3) is 6.17 Å². The Hall–Kier alpha value is -2.76. The molecule has 0 fully saturated rings. The third kappa shape index (κ3) is 4.53. The Kier molecular flexibility index (Phi) is 6.25. The zero-order valence-electron chi connectivity index (χ0n) is 16.2. The molecule has 0 aliphatic heterocycles. The van der Waals surface area contributed by atoms with Crippen LogP contribution in [-0.2, 0) is 12.3 Å². The van der Waals surface area contributed by atoms with Crippen molar-refractivity contribution in [3.63, 3.8) is 0 Å². The molecule has 3 rings (SSSR count). The van der Waals surface area contributed by atoms with Gasteiger partial charge in [0.1, 0.15) is 0 Å². The third-order valence-electron chi connectivity index (χ3n) is 4.87. The molecule has 30 heavy (non-hydrogen) atoms. The van der Waals surface area contributed by atoms with Crippen molar-refractivity contribution in [2.45, 2.75) is 38.0 Å². The first-order chi connectivity index (χ1) is 14.1. The van der Waals surface area contributed by atoms with Crippen LogP contribution in [0.2, 0.25) is 0 Å². The normalized spacial score (nSPS) is 13.3. The van der Waals surface area contributed by atoms with E-state index in [9.17, 15) is 26.3 Å². The Bertz CT molecular complexity index is 1010. The molecule has 0 heterocycles. The highest BCUT2D eigenvalue weighted by molar-refractivity contribution is 5.83. The molecule has 0 aliphatic carbocycles. The van der Waals surface area contributed by atoms with E-state index in [1.54, 1.807) is 18.2 Å². The van der Waals surface area contributed by atoms with E-state index in [1.807, 2.05) is 30.3 Å². The minimum absolute atomic E-state index is 0.290. The lowest BCUT2D eigenvalue weighted by molar-refractivity contribution is -0.248. The van der Waals surface area contributed by atoms with E-state index in [-0.39, 0.29) is 5.56 Å². The van der Waals surface area contributed by atoms with Crippen LogP contribution >= 0.6 is 0 Å². The highest BCUT2D eigenvalue weighted by Gasteiger charge is 2.57. The summed E-state index contributed by atoms with van der Waals surface area (Å²) in [7, 11) is 0. The predicted octanol–water partition coefficient (Wildman–Crippen LogP) is 7.97. The van der Waals surface area contributed by atoms with Crippen LogP contribution in [-0.4, -0.2) is 12.3 Å². The summed E-state index contributed by atoms with van der Waals surface area (Å²) < 4.78 is 79.7. The Morgan fingerprint density at radius 3 is 1.87 bits per heavy atom. The quantitative estimate of drug-likeness (QED) is 0.354. The van der Waals surface area contributed by atoms with Gasteiger partial charge in [-0.2, -0.15) is 22.0 Å². The number of benzene rings is 3. The van der Waals surface area contributed by atoms with Gasteiger partial charge in [-0.25, -0.2) is 4.39 Å². The Morgan fingerprint density at radius 1 is 0.733 bits per heavy atom. The van der Waals surface area contributed by atoms with Gasteiger partial charge in [-0.05, 0) is 40.3 Å². The summed E-state index contributed by atoms with van der Waals surface area (Å²) in [4.78, 5) is 0. The van der Waals surface area contributed by atoms with Gasteiger partial charge < -0.3 is 0 Å². The van der Waals surface area contributed by atoms with Gasteiger partial charge in [-0.15, -0.1) is 0 Å². The molecule has 0 bridgehead atoms. The van der Waals surface area contributed by atoms with E-state index in [0.29, 0.717) is 5.56 Å². The van der Waals surface area contributed by atoms with Gasteiger partial charge in [-0.3, -0.25) is 0 Å². The molecule has 1 unspecified atom stereocenters. The van der Waals surface area contributed by atoms with Crippen molar-refractivity contribution in [2.24, 2.45) is 0 Å². The second kappa shape index (κ2) is 8.54. The maximum absolute atomic E-state index is 14.2. The number of halogens is 6. The summed E-state index contributed by atoms with van der Waals surface area (Å²) in [5, 5.41) is 0. The number of alkyl halides is 6. The maximum atomic E-state index is 14.2. The van der Waals surface area contributed by atoms with E-state index in [1.165, 1.54) is 12.1 Å². The summed E-state index contributed by atoms with van der Waals surface area (Å²) in [5.74, 6) is -4.69. The Balaban J connectivity index is 2.07. The van der Waals surface area contributed by atoms with Crippen LogP contribution in [0.4, 0.5) is 26.3 Å². The Labute approximate surface area is 171 Å². The minimum atomic E-state index is -5.66. The van der Waals surface area contributed by atoms with Crippen LogP contribution in [0.3, 0.4) is 0 Å². The fraction of sp³-hybridized carbons (Fsp3) is 0.250. The summed E-state index contributed by atoms with van der Waals surface area (Å²) in [6.07, 6.45) is -8.09. The van der Waals surface area contributed by atoms with Crippen LogP contribution in [0.1, 0.15) is 24.5 Å². The lowest BCUT2D eigenvalue weighted by atomic mass is 9.91. The highest BCUT2D eigenvalue weighted by Crippen LogP contribution is 2.43. The van der Waals surface area contributed by atoms with E-state index in [4.69, 9.17) is 0 Å². The predicted molar refractivity (Wildman–Crippen MR) is 106 cm³/mol. The van der Waals surface area contributed by atoms with Crippen molar-refractivity contribution in [3.8, 4) is 22.3 Å². The average Bonchev–Trinajstić information content (AvgIpc) is 2.73. The smallest absolute Gasteiger partial charge is 0.230 e. The molecule has 0 amide bonds. The van der Waals surface area contributed by atoms with Gasteiger partial charge in [0.15, 0.2) is 0 Å². The Morgan fingerprint density at radius 2 is 1.30 bits per heavy atom. The van der Waals surface area contributed by atoms with Gasteiger partial charge in [0.2, 0.25) is 0 Å². The van der Waals surface area contributed by atoms with Crippen molar-refractivity contribution >= 4 is 0 Å². The molecular formula is C24H20F6. The van der Waals surface area contributed by atoms with E-state index in [0.717, 1.165) is 41.7 Å². The van der Waals surface area contributed by atoms with Gasteiger partial charge in [0, 0.05) is 5.56 Å². The molecule has 3 aromatic rings. The van der Waals surface area contributed by atoms with E-state index in [2.05, 4.69) is 6.92 Å². The molecule has 158 valence electrons. The van der Waals surface area contributed by atoms with Crippen LogP contribution in [0, 0.1) is 0 Å². The van der Waals surface area contributed by atoms with Crippen molar-refractivity contribution < 1.29 is 26.3 Å². The second-order valence-electron chi connectivity index (χ2n) is 7.10. The molecule has 3 aromatic carbocycles. The van der Waals surface area contributed by atoms with Crippen molar-refractivity contribution in [2.75, 3.05) is 0 Å². The second-order valence-corrected chi connectivity index (χ2v) is 7.10. The first-order valence-electron chi connectivity index (χ1n) is 9.52. The van der Waals surface area contributed by atoms with Crippen molar-refractivity contribution in [3.05, 3.63) is 83.9 Å². The number of rotatable bonds is 6. The fourth-order valence-electron chi connectivity index (χ4n) is 3.42. The zero-order chi connectivity index (χ0) is 21.9. The summed E-state index contributed by atoms with van der Waals surface area (Å²) in [6.45, 7) is 2.06. The lowest BCUT2D eigenvalue weighted by Gasteiger charge is -2.23. The zero-order valence-corrected chi connectivity index (χ0v) is 16.2. The fourth-order valence-corrected chi connectivity index (χ4v) is 3.42. The van der Waals surface area contributed by atoms with Gasteiger partial charge in [-0.1, -0.05) is 80.1 Å². The topological polar surface area (TPSA) is 0 Å². The van der Waals surface area contributed by atoms with Crippen LogP contribution in [0.25, 0.3) is 22.3 Å². The van der Waals surface area contributed by atoms with Crippen molar-refractivity contribution in [1.29, 1.82) is 0 Å². The summed E-state index contributed by atoms with van der Waals surface area (Å²) >= 11 is 0. The molecule has 0 radical (unpaired) electrons. The van der Waals surface area contributed by atoms with Crippen molar-refractivity contribution in [1.82, 2.24) is 0 Å². The largest absolute Gasteiger partial charge is 0.426 e. The number of hydrogen-bond acceptors (Lipinski definition) is 0. The van der Waals surface area contributed by atoms with Gasteiger partial charge in [0.05, 0.1) is 0 Å². The molecule has 0 nitrogen and oxygen atoms in total. The van der Waals surface area contributed by atoms with Gasteiger partial charge >= 0.3 is 12.1 Å². The number of hydrogen-bond donors (Lipinski definition) is 0. The molecule has 0 saturated carbocycles. The average molecular weight is 422 g/mol. The monoisotopic (exact) mass is 422 g/mol. The summed E-state index contributed by atoms with van der Waals surface area (Å²) in [6, 6.07) is 19.3. The van der Waals surface area contributed by atoms with Crippen LogP contribution < -0.4 is 0 Å².